The molecular weight excluding hydrogens is 290 g/mol. The molecule has 5 nitrogen and oxygen atoms in total. The lowest BCUT2D eigenvalue weighted by Crippen LogP contribution is -2.46. The zero-order chi connectivity index (χ0) is 16.5. The molecule has 1 aliphatic heterocycles. The fourth-order valence-corrected chi connectivity index (χ4v) is 3.82. The summed E-state index contributed by atoms with van der Waals surface area (Å²) in [5.41, 5.74) is 0. The first kappa shape index (κ1) is 18.5. The van der Waals surface area contributed by atoms with Gasteiger partial charge in [-0.25, -0.2) is 0 Å². The van der Waals surface area contributed by atoms with Crippen molar-refractivity contribution in [2.75, 3.05) is 33.4 Å². The van der Waals surface area contributed by atoms with Crippen LogP contribution in [0.1, 0.15) is 52.4 Å². The van der Waals surface area contributed by atoms with Gasteiger partial charge in [0.1, 0.15) is 0 Å². The quantitative estimate of drug-likeness (QED) is 0.448. The Hall–Kier alpha value is -0.810. The Morgan fingerprint density at radius 1 is 1.13 bits per heavy atom. The predicted molar refractivity (Wildman–Crippen MR) is 94.9 cm³/mol. The molecular formula is C18H35N3O2. The van der Waals surface area contributed by atoms with Crippen molar-refractivity contribution in [1.82, 2.24) is 10.6 Å². The SMILES string of the molecule is CN=C(NCCCOC1CCOCC1)NC1CC(C)CC(C)C1. The second-order valence-electron chi connectivity index (χ2n) is 7.29. The van der Waals surface area contributed by atoms with Gasteiger partial charge < -0.3 is 20.1 Å². The Morgan fingerprint density at radius 2 is 1.83 bits per heavy atom. The Bertz CT molecular complexity index is 346. The molecule has 2 aliphatic rings. The molecule has 0 aromatic heterocycles. The summed E-state index contributed by atoms with van der Waals surface area (Å²) in [7, 11) is 1.85. The lowest BCUT2D eigenvalue weighted by Gasteiger charge is -2.32. The second-order valence-corrected chi connectivity index (χ2v) is 7.29. The number of nitrogens with one attached hydrogen (secondary N) is 2. The molecule has 1 saturated carbocycles. The molecule has 2 N–H and O–H groups in total. The summed E-state index contributed by atoms with van der Waals surface area (Å²) < 4.78 is 11.2. The maximum atomic E-state index is 5.90. The molecule has 23 heavy (non-hydrogen) atoms. The van der Waals surface area contributed by atoms with Crippen molar-refractivity contribution in [3.8, 4) is 0 Å². The van der Waals surface area contributed by atoms with Gasteiger partial charge in [-0.1, -0.05) is 13.8 Å². The number of aliphatic imine (C=N–C) groups is 1. The van der Waals surface area contributed by atoms with E-state index in [4.69, 9.17) is 9.47 Å². The largest absolute Gasteiger partial charge is 0.381 e. The van der Waals surface area contributed by atoms with Gasteiger partial charge >= 0.3 is 0 Å². The molecule has 5 heteroatoms. The highest BCUT2D eigenvalue weighted by Crippen LogP contribution is 2.28. The lowest BCUT2D eigenvalue weighted by molar-refractivity contribution is -0.0320. The lowest BCUT2D eigenvalue weighted by atomic mass is 9.80. The van der Waals surface area contributed by atoms with Crippen molar-refractivity contribution in [3.05, 3.63) is 0 Å². The third-order valence-electron chi connectivity index (χ3n) is 4.88. The average molecular weight is 325 g/mol. The molecule has 134 valence electrons. The van der Waals surface area contributed by atoms with Gasteiger partial charge in [-0.05, 0) is 50.4 Å². The van der Waals surface area contributed by atoms with E-state index in [9.17, 15) is 0 Å². The third kappa shape index (κ3) is 7.08. The van der Waals surface area contributed by atoms with E-state index in [1.54, 1.807) is 0 Å². The molecule has 1 aliphatic carbocycles. The maximum absolute atomic E-state index is 5.90. The van der Waals surface area contributed by atoms with Crippen LogP contribution in [0, 0.1) is 11.8 Å². The van der Waals surface area contributed by atoms with Crippen LogP contribution in [0.15, 0.2) is 4.99 Å². The summed E-state index contributed by atoms with van der Waals surface area (Å²) in [6.45, 7) is 8.12. The van der Waals surface area contributed by atoms with Gasteiger partial charge in [0.15, 0.2) is 5.96 Å². The van der Waals surface area contributed by atoms with Crippen molar-refractivity contribution >= 4 is 5.96 Å². The summed E-state index contributed by atoms with van der Waals surface area (Å²) in [4.78, 5) is 4.36. The van der Waals surface area contributed by atoms with E-state index in [0.717, 1.165) is 63.4 Å². The number of nitrogens with zero attached hydrogens (tertiary/aromatic N) is 1. The van der Waals surface area contributed by atoms with E-state index >= 15 is 0 Å². The first-order valence-electron chi connectivity index (χ1n) is 9.34. The standard InChI is InChI=1S/C18H35N3O2/c1-14-11-15(2)13-16(12-14)21-18(19-3)20-7-4-8-23-17-5-9-22-10-6-17/h14-17H,4-13H2,1-3H3,(H2,19,20,21). The molecule has 0 bridgehead atoms. The first-order valence-corrected chi connectivity index (χ1v) is 9.34. The molecule has 0 aromatic carbocycles. The zero-order valence-electron chi connectivity index (χ0n) is 15.1. The summed E-state index contributed by atoms with van der Waals surface area (Å²) >= 11 is 0. The normalized spacial score (nSPS) is 30.2. The monoisotopic (exact) mass is 325 g/mol. The van der Waals surface area contributed by atoms with Gasteiger partial charge in [0.05, 0.1) is 6.10 Å². The van der Waals surface area contributed by atoms with Crippen LogP contribution in [-0.2, 0) is 9.47 Å². The van der Waals surface area contributed by atoms with Gasteiger partial charge in [0.2, 0.25) is 0 Å². The molecule has 2 rings (SSSR count). The minimum Gasteiger partial charge on any atom is -0.381 e. The number of guanidine groups is 1. The van der Waals surface area contributed by atoms with Crippen LogP contribution in [0.4, 0.5) is 0 Å². The molecule has 0 amide bonds. The van der Waals surface area contributed by atoms with Crippen molar-refractivity contribution < 1.29 is 9.47 Å². The second kappa shape index (κ2) is 10.1. The minimum atomic E-state index is 0.395. The molecule has 0 aromatic rings. The number of ether oxygens (including phenoxy) is 2. The number of rotatable bonds is 6. The molecule has 2 fully saturated rings. The van der Waals surface area contributed by atoms with E-state index in [1.807, 2.05) is 7.05 Å². The van der Waals surface area contributed by atoms with E-state index in [-0.39, 0.29) is 0 Å². The highest BCUT2D eigenvalue weighted by Gasteiger charge is 2.24. The number of hydrogen-bond donors (Lipinski definition) is 2. The van der Waals surface area contributed by atoms with Crippen LogP contribution in [0.25, 0.3) is 0 Å². The smallest absolute Gasteiger partial charge is 0.191 e. The van der Waals surface area contributed by atoms with Crippen LogP contribution in [0.5, 0.6) is 0 Å². The van der Waals surface area contributed by atoms with Crippen LogP contribution < -0.4 is 10.6 Å². The van der Waals surface area contributed by atoms with Crippen LogP contribution in [0.3, 0.4) is 0 Å². The fourth-order valence-electron chi connectivity index (χ4n) is 3.82. The van der Waals surface area contributed by atoms with E-state index < -0.39 is 0 Å². The van der Waals surface area contributed by atoms with Gasteiger partial charge in [0, 0.05) is 39.5 Å². The Balaban J connectivity index is 1.57. The summed E-state index contributed by atoms with van der Waals surface area (Å²) in [5, 5.41) is 7.01. The maximum Gasteiger partial charge on any atom is 0.191 e. The topological polar surface area (TPSA) is 54.9 Å². The number of hydrogen-bond acceptors (Lipinski definition) is 3. The highest BCUT2D eigenvalue weighted by molar-refractivity contribution is 5.79. The van der Waals surface area contributed by atoms with Crippen molar-refractivity contribution in [2.45, 2.75) is 64.5 Å². The van der Waals surface area contributed by atoms with E-state index in [1.165, 1.54) is 19.3 Å². The summed E-state index contributed by atoms with van der Waals surface area (Å²) in [6, 6.07) is 0.554. The molecule has 1 heterocycles. The highest BCUT2D eigenvalue weighted by atomic mass is 16.5. The zero-order valence-corrected chi connectivity index (χ0v) is 15.1. The molecule has 2 unspecified atom stereocenters. The Morgan fingerprint density at radius 3 is 2.48 bits per heavy atom. The fraction of sp³-hybridized carbons (Fsp3) is 0.944. The first-order chi connectivity index (χ1) is 11.2. The van der Waals surface area contributed by atoms with Crippen molar-refractivity contribution in [1.29, 1.82) is 0 Å². The van der Waals surface area contributed by atoms with Gasteiger partial charge in [-0.2, -0.15) is 0 Å². The van der Waals surface area contributed by atoms with Crippen molar-refractivity contribution in [2.24, 2.45) is 16.8 Å². The van der Waals surface area contributed by atoms with E-state index in [0.29, 0.717) is 12.1 Å². The molecule has 2 atom stereocenters. The van der Waals surface area contributed by atoms with E-state index in [2.05, 4.69) is 29.5 Å². The Labute approximate surface area is 141 Å². The van der Waals surface area contributed by atoms with Gasteiger partial charge in [0.25, 0.3) is 0 Å². The Kier molecular flexibility index (Phi) is 8.17. The molecule has 0 spiro atoms. The molecule has 1 saturated heterocycles. The molecule has 0 radical (unpaired) electrons. The van der Waals surface area contributed by atoms with Gasteiger partial charge in [-0.15, -0.1) is 0 Å². The van der Waals surface area contributed by atoms with Gasteiger partial charge in [-0.3, -0.25) is 4.99 Å². The van der Waals surface area contributed by atoms with Crippen LogP contribution in [0.2, 0.25) is 0 Å². The van der Waals surface area contributed by atoms with Crippen LogP contribution in [-0.4, -0.2) is 51.5 Å². The van der Waals surface area contributed by atoms with Crippen molar-refractivity contribution in [3.63, 3.8) is 0 Å². The third-order valence-corrected chi connectivity index (χ3v) is 4.88. The summed E-state index contributed by atoms with van der Waals surface area (Å²) in [5.74, 6) is 2.55. The average Bonchev–Trinajstić information content (AvgIpc) is 2.53. The summed E-state index contributed by atoms with van der Waals surface area (Å²) in [6.07, 6.45) is 7.33. The van der Waals surface area contributed by atoms with Crippen LogP contribution >= 0.6 is 0 Å². The predicted octanol–water partition coefficient (Wildman–Crippen LogP) is 2.56. The minimum absolute atomic E-state index is 0.395.